The van der Waals surface area contributed by atoms with Crippen molar-refractivity contribution in [3.63, 3.8) is 0 Å². The lowest BCUT2D eigenvalue weighted by Gasteiger charge is -2.28. The molecule has 0 aliphatic carbocycles. The molecule has 0 saturated carbocycles. The van der Waals surface area contributed by atoms with Crippen LogP contribution >= 0.6 is 0 Å². The monoisotopic (exact) mass is 1440 g/mol. The minimum atomic E-state index is -0.420. The van der Waals surface area contributed by atoms with Gasteiger partial charge in [0.25, 0.3) is 0 Å². The molecule has 1 unspecified atom stereocenters. The first-order valence-electron chi connectivity index (χ1n) is 36.2. The number of benzene rings is 8. The van der Waals surface area contributed by atoms with E-state index in [4.69, 9.17) is 9.47 Å². The summed E-state index contributed by atoms with van der Waals surface area (Å²) in [6.45, 7) is 36.5. The van der Waals surface area contributed by atoms with Crippen LogP contribution < -0.4 is 9.47 Å². The van der Waals surface area contributed by atoms with E-state index in [1.807, 2.05) is 197 Å². The average molecular weight is 1440 g/mol. The van der Waals surface area contributed by atoms with Gasteiger partial charge in [0.15, 0.2) is 17.3 Å². The zero-order valence-corrected chi connectivity index (χ0v) is 65.2. The van der Waals surface area contributed by atoms with E-state index in [-0.39, 0.29) is 62.5 Å². The molecule has 2 aliphatic rings. The van der Waals surface area contributed by atoms with Gasteiger partial charge >= 0.3 is 0 Å². The molecule has 2 heterocycles. The van der Waals surface area contributed by atoms with Crippen molar-refractivity contribution in [2.75, 3.05) is 0 Å². The molecule has 0 bridgehead atoms. The summed E-state index contributed by atoms with van der Waals surface area (Å²) in [6.07, 6.45) is 34.7. The van der Waals surface area contributed by atoms with Gasteiger partial charge in [-0.05, 0) is 253 Å². The Morgan fingerprint density at radius 1 is 0.486 bits per heavy atom. The predicted molar refractivity (Wildman–Crippen MR) is 444 cm³/mol. The van der Waals surface area contributed by atoms with E-state index < -0.39 is 11.2 Å². The topological polar surface area (TPSA) is 191 Å². The summed E-state index contributed by atoms with van der Waals surface area (Å²) < 4.78 is 11.6. The summed E-state index contributed by atoms with van der Waals surface area (Å²) in [6, 6.07) is 46.0. The lowest BCUT2D eigenvalue weighted by atomic mass is 9.84. The number of allylic oxidation sites excluding steroid dienone is 11. The van der Waals surface area contributed by atoms with Gasteiger partial charge in [0.05, 0.1) is 22.3 Å². The van der Waals surface area contributed by atoms with Gasteiger partial charge in [-0.2, -0.15) is 0 Å². The zero-order valence-electron chi connectivity index (χ0n) is 65.2. The van der Waals surface area contributed by atoms with E-state index in [1.165, 1.54) is 58.2 Å². The molecule has 558 valence electrons. The number of fused-ring (bicyclic) bond motifs is 2. The third-order valence-corrected chi connectivity index (χ3v) is 17.8. The molecule has 8 aromatic carbocycles. The molecule has 0 amide bonds. The number of phenols is 6. The molecule has 0 saturated heterocycles. The van der Waals surface area contributed by atoms with Crippen LogP contribution in [0.25, 0.3) is 36.5 Å². The molecule has 107 heavy (non-hydrogen) atoms. The number of hydrogen-bond acceptors (Lipinski definition) is 11. The summed E-state index contributed by atoms with van der Waals surface area (Å²) in [5.74, 6) is 1.25. The predicted octanol–water partition coefficient (Wildman–Crippen LogP) is 24.3. The first kappa shape index (κ1) is 84.5. The number of aryl methyl sites for hydroxylation is 4. The maximum absolute atomic E-state index is 12.4. The molecule has 0 fully saturated rings. The highest BCUT2D eigenvalue weighted by atomic mass is 16.5. The summed E-state index contributed by atoms with van der Waals surface area (Å²) in [5, 5.41) is 59.4. The molecule has 0 spiro atoms. The van der Waals surface area contributed by atoms with Gasteiger partial charge in [-0.3, -0.25) is 14.4 Å². The molecule has 0 radical (unpaired) electrons. The third-order valence-electron chi connectivity index (χ3n) is 17.8. The van der Waals surface area contributed by atoms with Gasteiger partial charge in [0, 0.05) is 23.1 Å². The number of carbonyl (C=O) groups is 3. The molecule has 8 aromatic rings. The second-order valence-corrected chi connectivity index (χ2v) is 29.4. The minimum Gasteiger partial charge on any atom is -0.508 e. The van der Waals surface area contributed by atoms with Crippen LogP contribution in [0.5, 0.6) is 46.0 Å². The molecule has 2 aliphatic heterocycles. The van der Waals surface area contributed by atoms with Gasteiger partial charge in [-0.25, -0.2) is 0 Å². The van der Waals surface area contributed by atoms with Crippen molar-refractivity contribution >= 4 is 53.8 Å². The molecular formula is C96H108O11. The van der Waals surface area contributed by atoms with Crippen LogP contribution in [0, 0.1) is 33.1 Å². The van der Waals surface area contributed by atoms with E-state index in [2.05, 4.69) is 78.5 Å². The summed E-state index contributed by atoms with van der Waals surface area (Å²) in [7, 11) is 0. The highest BCUT2D eigenvalue weighted by Gasteiger charge is 2.27. The highest BCUT2D eigenvalue weighted by molar-refractivity contribution is 6.10. The van der Waals surface area contributed by atoms with E-state index in [0.29, 0.717) is 46.5 Å². The van der Waals surface area contributed by atoms with Crippen molar-refractivity contribution < 1.29 is 54.5 Å². The van der Waals surface area contributed by atoms with E-state index in [1.54, 1.807) is 60.7 Å². The Balaban J connectivity index is 0.000000211. The summed E-state index contributed by atoms with van der Waals surface area (Å²) >= 11 is 0. The van der Waals surface area contributed by atoms with Crippen LogP contribution in [0.1, 0.15) is 213 Å². The van der Waals surface area contributed by atoms with Crippen LogP contribution in [0.2, 0.25) is 0 Å². The first-order chi connectivity index (χ1) is 50.5. The zero-order chi connectivity index (χ0) is 78.8. The minimum absolute atomic E-state index is 0.00381. The molecular weight excluding hydrogens is 1330 g/mol. The molecule has 10 rings (SSSR count). The number of hydrogen-bond donors (Lipinski definition) is 6. The Bertz CT molecular complexity index is 4600. The second kappa shape index (κ2) is 39.6. The van der Waals surface area contributed by atoms with Crippen molar-refractivity contribution in [3.8, 4) is 46.0 Å². The van der Waals surface area contributed by atoms with Gasteiger partial charge < -0.3 is 40.1 Å². The fraction of sp³-hybridized carbons (Fsp3) is 0.260. The fourth-order valence-corrected chi connectivity index (χ4v) is 10.9. The maximum atomic E-state index is 12.4. The van der Waals surface area contributed by atoms with E-state index in [0.717, 1.165) is 70.2 Å². The average Bonchev–Trinajstić information content (AvgIpc) is 0.791. The van der Waals surface area contributed by atoms with Crippen molar-refractivity contribution in [3.05, 3.63) is 319 Å². The van der Waals surface area contributed by atoms with Gasteiger partial charge in [-0.1, -0.05) is 205 Å². The van der Waals surface area contributed by atoms with Crippen LogP contribution in [0.4, 0.5) is 0 Å². The SMILES string of the molecule is C=CC(C)(/C=C/c1ccc(O)cc1)CCC=C(C)C.CC(C)=CCC[C@@H](C)c1ccc(C)c(O)c1.CC(C)=CCc1cc(C(=O)/C=C/c2ccc(C)cc2)c(O)cc1O.Cc1ccc(/C=C/C(=O)c2cc3c(cc2O)OC(C)(C)C=C3)cc1.Cc1ccc(/C=C/C(=O)c2ccc3c(c2O)C=CC(C)(C)O3)cc1. The number of aromatic hydroxyl groups is 6. The van der Waals surface area contributed by atoms with Crippen LogP contribution in [0.15, 0.2) is 236 Å². The van der Waals surface area contributed by atoms with Crippen LogP contribution in [-0.4, -0.2) is 59.2 Å². The number of phenolic OH excluding ortho intramolecular Hbond substituents is 6. The first-order valence-corrected chi connectivity index (χ1v) is 36.2. The number of ketones is 3. The fourth-order valence-electron chi connectivity index (χ4n) is 10.9. The third kappa shape index (κ3) is 27.9. The van der Waals surface area contributed by atoms with Crippen molar-refractivity contribution in [2.24, 2.45) is 5.41 Å². The maximum Gasteiger partial charge on any atom is 0.189 e. The number of rotatable bonds is 21. The lowest BCUT2D eigenvalue weighted by molar-refractivity contribution is 0.103. The number of ether oxygens (including phenoxy) is 2. The van der Waals surface area contributed by atoms with Gasteiger partial charge in [0.1, 0.15) is 57.2 Å². The summed E-state index contributed by atoms with van der Waals surface area (Å²) in [4.78, 5) is 37.2. The molecule has 11 nitrogen and oxygen atoms in total. The lowest BCUT2D eigenvalue weighted by Crippen LogP contribution is -2.27. The van der Waals surface area contributed by atoms with Crippen LogP contribution in [-0.2, 0) is 6.42 Å². The van der Waals surface area contributed by atoms with Crippen LogP contribution in [0.3, 0.4) is 0 Å². The van der Waals surface area contributed by atoms with E-state index in [9.17, 15) is 45.0 Å². The number of carbonyl (C=O) groups excluding carboxylic acids is 3. The van der Waals surface area contributed by atoms with Crippen molar-refractivity contribution in [1.82, 2.24) is 0 Å². The molecule has 11 heteroatoms. The standard InChI is InChI=1S/2C21H20O3.C21H22O3.C18H24O.C15H22O/c1-14-4-6-15(7-5-14)8-10-18(22)16-9-11-19-17(20(16)23)12-13-21(2,3)24-19;1-14-4-6-15(7-5-14)8-9-18(22)17-12-16-10-11-21(2,3)24-20(16)13-19(17)23;1-14(2)4-10-17-12-18(21(24)13-20(17)23)19(22)11-9-16-7-5-15(3)6-8-16;1-5-18(4,13-6-7-15(2)3)14-12-16-8-10-17(19)11-9-16;1-11(2)6-5-7-12(3)14-9-8-13(4)15(16)10-14/h2*4-13,23H,1-3H3;4-9,11-13,23-24H,10H2,1-3H3;5,7-12,14,19H,1,6,13H2,2-4H3;6,8-10,12,16H,5,7H2,1-4H3/b10-8+;9-8+;11-9+;14-12+;/t;;;;12-/m....1/s1. The Morgan fingerprint density at radius 2 is 0.944 bits per heavy atom. The van der Waals surface area contributed by atoms with E-state index >= 15 is 0 Å². The summed E-state index contributed by atoms with van der Waals surface area (Å²) in [5.41, 5.74) is 15.2. The Morgan fingerprint density at radius 3 is 1.45 bits per heavy atom. The smallest absolute Gasteiger partial charge is 0.189 e. The van der Waals surface area contributed by atoms with Crippen molar-refractivity contribution in [2.45, 2.75) is 160 Å². The largest absolute Gasteiger partial charge is 0.508 e. The Labute approximate surface area is 635 Å². The second-order valence-electron chi connectivity index (χ2n) is 29.4. The Hall–Kier alpha value is -11.4. The molecule has 2 atom stereocenters. The highest BCUT2D eigenvalue weighted by Crippen LogP contribution is 2.40. The van der Waals surface area contributed by atoms with Gasteiger partial charge in [0.2, 0.25) is 0 Å². The molecule has 6 N–H and O–H groups in total. The Kier molecular flexibility index (Phi) is 31.3. The normalized spacial score (nSPS) is 13.5. The van der Waals surface area contributed by atoms with Gasteiger partial charge in [-0.15, -0.1) is 6.58 Å². The van der Waals surface area contributed by atoms with Crippen molar-refractivity contribution in [1.29, 1.82) is 0 Å². The molecule has 0 aromatic heterocycles. The quantitative estimate of drug-likeness (QED) is 0.0228.